The summed E-state index contributed by atoms with van der Waals surface area (Å²) in [6, 6.07) is 0. The lowest BCUT2D eigenvalue weighted by Gasteiger charge is -2.28. The van der Waals surface area contributed by atoms with E-state index in [0.29, 0.717) is 23.9 Å². The predicted molar refractivity (Wildman–Crippen MR) is 222 cm³/mol. The van der Waals surface area contributed by atoms with E-state index in [2.05, 4.69) is 19.9 Å². The molecule has 0 amide bonds. The summed E-state index contributed by atoms with van der Waals surface area (Å²) in [5, 5.41) is 0. The van der Waals surface area contributed by atoms with Crippen LogP contribution in [-0.2, 0) is 32.7 Å². The van der Waals surface area contributed by atoms with Gasteiger partial charge >= 0.3 is 5.97 Å². The Morgan fingerprint density at radius 3 is 1.70 bits per heavy atom. The molecule has 0 N–H and O–H groups in total. The van der Waals surface area contributed by atoms with Crippen molar-refractivity contribution in [3.8, 4) is 0 Å². The van der Waals surface area contributed by atoms with Crippen molar-refractivity contribution in [3.05, 3.63) is 36.6 Å². The summed E-state index contributed by atoms with van der Waals surface area (Å²) in [5.41, 5.74) is 0. The van der Waals surface area contributed by atoms with E-state index in [1.165, 1.54) is 83.5 Å². The van der Waals surface area contributed by atoms with Gasteiger partial charge in [0.05, 0.1) is 34.0 Å². The molecule has 54 heavy (non-hydrogen) atoms. The van der Waals surface area contributed by atoms with Crippen molar-refractivity contribution in [3.63, 3.8) is 0 Å². The van der Waals surface area contributed by atoms with E-state index in [1.54, 1.807) is 12.3 Å². The Balaban J connectivity index is 4.35. The van der Waals surface area contributed by atoms with Gasteiger partial charge in [0.25, 0.3) is 7.82 Å². The summed E-state index contributed by atoms with van der Waals surface area (Å²) in [6.07, 6.45) is 39.5. The molecule has 0 aliphatic heterocycles. The maximum atomic E-state index is 12.5. The summed E-state index contributed by atoms with van der Waals surface area (Å²) in [7, 11) is 1.31. The van der Waals surface area contributed by atoms with Crippen molar-refractivity contribution in [2.24, 2.45) is 0 Å². The van der Waals surface area contributed by atoms with Crippen molar-refractivity contribution >= 4 is 19.6 Å². The highest BCUT2D eigenvalue weighted by molar-refractivity contribution is 7.45. The molecule has 0 aliphatic rings. The topological polar surface area (TPSA) is 111 Å². The lowest BCUT2D eigenvalue weighted by molar-refractivity contribution is -0.870. The minimum atomic E-state index is -4.53. The normalized spacial score (nSPS) is 14.0. The number of allylic oxidation sites excluding steroid dienone is 5. The number of nitrogens with zero attached hydrogens (tertiary/aromatic N) is 1. The lowest BCUT2D eigenvalue weighted by Crippen LogP contribution is -2.37. The molecular formula is C44H82NO8P. The first-order valence-corrected chi connectivity index (χ1v) is 23.2. The molecule has 0 aromatic carbocycles. The molecule has 0 spiro atoms. The highest BCUT2D eigenvalue weighted by Crippen LogP contribution is 2.38. The Morgan fingerprint density at radius 1 is 0.630 bits per heavy atom. The summed E-state index contributed by atoms with van der Waals surface area (Å²) in [5.74, 6) is -0.145. The van der Waals surface area contributed by atoms with Crippen molar-refractivity contribution in [2.45, 2.75) is 187 Å². The van der Waals surface area contributed by atoms with Gasteiger partial charge < -0.3 is 27.9 Å². The molecule has 0 fully saturated rings. The molecule has 0 bridgehead atoms. The number of esters is 1. The zero-order chi connectivity index (χ0) is 40.0. The van der Waals surface area contributed by atoms with Gasteiger partial charge in [-0.2, -0.15) is 0 Å². The molecule has 316 valence electrons. The van der Waals surface area contributed by atoms with Crippen LogP contribution in [0.3, 0.4) is 0 Å². The van der Waals surface area contributed by atoms with Gasteiger partial charge in [0.15, 0.2) is 11.9 Å². The first kappa shape index (κ1) is 52.2. The highest BCUT2D eigenvalue weighted by Gasteiger charge is 2.19. The molecule has 0 radical (unpaired) electrons. The number of unbranched alkanes of at least 4 members (excludes halogenated alkanes) is 21. The Hall–Kier alpha value is -1.77. The molecule has 0 rings (SSSR count). The molecule has 0 aromatic rings. The second-order valence-corrected chi connectivity index (χ2v) is 17.2. The Kier molecular flexibility index (Phi) is 35.6. The van der Waals surface area contributed by atoms with Crippen LogP contribution in [0, 0.1) is 0 Å². The summed E-state index contributed by atoms with van der Waals surface area (Å²) >= 11 is 0. The molecule has 0 aliphatic carbocycles. The Labute approximate surface area is 331 Å². The second kappa shape index (κ2) is 36.8. The van der Waals surface area contributed by atoms with E-state index in [-0.39, 0.29) is 31.6 Å². The third-order valence-electron chi connectivity index (χ3n) is 9.26. The third-order valence-corrected chi connectivity index (χ3v) is 10.2. The molecular weight excluding hydrogens is 701 g/mol. The fraction of sp³-hybridized carbons (Fsp3) is 0.818. The van der Waals surface area contributed by atoms with Crippen LogP contribution in [0.4, 0.5) is 0 Å². The minimum absolute atomic E-state index is 0.0132. The van der Waals surface area contributed by atoms with E-state index in [1.807, 2.05) is 39.4 Å². The van der Waals surface area contributed by atoms with Gasteiger partial charge in [-0.3, -0.25) is 14.2 Å². The van der Waals surface area contributed by atoms with Crippen LogP contribution in [0.1, 0.15) is 181 Å². The quantitative estimate of drug-likeness (QED) is 0.0115. The van der Waals surface area contributed by atoms with Gasteiger partial charge in [-0.1, -0.05) is 148 Å². The van der Waals surface area contributed by atoms with Crippen LogP contribution in [0.2, 0.25) is 0 Å². The SMILES string of the molecule is CCCCCCCCCCCCCCCC/C=C/O[C@H](COC(=O)CCCCCCC/C=C\C=C\C(=O)CCCCC)COP(=O)([O-])OCC[N+](C)(C)C. The maximum absolute atomic E-state index is 12.5. The van der Waals surface area contributed by atoms with Gasteiger partial charge in [0.2, 0.25) is 0 Å². The number of rotatable bonds is 40. The minimum Gasteiger partial charge on any atom is -0.756 e. The first-order chi connectivity index (χ1) is 26.0. The number of quaternary nitrogens is 1. The van der Waals surface area contributed by atoms with Crippen LogP contribution in [0.15, 0.2) is 36.6 Å². The zero-order valence-corrected chi connectivity index (χ0v) is 36.3. The van der Waals surface area contributed by atoms with Crippen molar-refractivity contribution < 1.29 is 42.1 Å². The number of ketones is 1. The number of carbonyl (C=O) groups is 2. The standard InChI is InChI=1S/C44H82NO8P/c1-6-8-10-11-12-13-14-15-16-17-18-19-23-26-29-33-38-50-43(41-53-54(48,49)52-39-37-45(3,4)5)40-51-44(47)36-32-28-25-22-20-21-24-27-31-35-42(46)34-30-9-7-2/h24,27,31,33,35,38,43H,6-23,25-26,28-30,32,34,36-37,39-41H2,1-5H3/b27-24-,35-31+,38-33+/t43-/m1/s1. The highest BCUT2D eigenvalue weighted by atomic mass is 31.2. The molecule has 9 nitrogen and oxygen atoms in total. The number of hydrogen-bond donors (Lipinski definition) is 0. The van der Waals surface area contributed by atoms with Gasteiger partial charge in [0, 0.05) is 12.8 Å². The van der Waals surface area contributed by atoms with Gasteiger partial charge in [-0.15, -0.1) is 0 Å². The van der Waals surface area contributed by atoms with E-state index < -0.39 is 13.9 Å². The average molecular weight is 784 g/mol. The molecule has 10 heteroatoms. The molecule has 2 atom stereocenters. The van der Waals surface area contributed by atoms with Crippen molar-refractivity contribution in [1.82, 2.24) is 0 Å². The second-order valence-electron chi connectivity index (χ2n) is 15.8. The fourth-order valence-corrected chi connectivity index (χ4v) is 6.48. The fourth-order valence-electron chi connectivity index (χ4n) is 5.75. The Bertz CT molecular complexity index is 1020. The van der Waals surface area contributed by atoms with E-state index in [4.69, 9.17) is 18.5 Å². The maximum Gasteiger partial charge on any atom is 0.305 e. The number of likely N-dealkylation sites (N-methyl/N-ethyl adjacent to an activating group) is 1. The monoisotopic (exact) mass is 784 g/mol. The Morgan fingerprint density at radius 2 is 1.13 bits per heavy atom. The molecule has 0 aromatic heterocycles. The number of phosphoric acid groups is 1. The predicted octanol–water partition coefficient (Wildman–Crippen LogP) is 11.5. The van der Waals surface area contributed by atoms with Crippen LogP contribution in [0.25, 0.3) is 0 Å². The van der Waals surface area contributed by atoms with Gasteiger partial charge in [0.1, 0.15) is 19.8 Å². The molecule has 1 unspecified atom stereocenters. The van der Waals surface area contributed by atoms with Crippen LogP contribution in [0.5, 0.6) is 0 Å². The van der Waals surface area contributed by atoms with E-state index in [9.17, 15) is 19.0 Å². The molecule has 0 heterocycles. The largest absolute Gasteiger partial charge is 0.756 e. The smallest absolute Gasteiger partial charge is 0.305 e. The lowest BCUT2D eigenvalue weighted by atomic mass is 10.0. The third kappa shape index (κ3) is 39.9. The summed E-state index contributed by atoms with van der Waals surface area (Å²) in [6.45, 7) is 4.51. The van der Waals surface area contributed by atoms with Gasteiger partial charge in [-0.25, -0.2) is 0 Å². The first-order valence-electron chi connectivity index (χ1n) is 21.7. The van der Waals surface area contributed by atoms with E-state index >= 15 is 0 Å². The van der Waals surface area contributed by atoms with Crippen molar-refractivity contribution in [2.75, 3.05) is 47.5 Å². The van der Waals surface area contributed by atoms with Crippen LogP contribution < -0.4 is 4.89 Å². The number of phosphoric ester groups is 1. The number of hydrogen-bond acceptors (Lipinski definition) is 8. The number of carbonyl (C=O) groups excluding carboxylic acids is 2. The zero-order valence-electron chi connectivity index (χ0n) is 35.4. The van der Waals surface area contributed by atoms with Gasteiger partial charge in [-0.05, 0) is 50.7 Å². The van der Waals surface area contributed by atoms with Crippen LogP contribution >= 0.6 is 7.82 Å². The van der Waals surface area contributed by atoms with Crippen molar-refractivity contribution in [1.29, 1.82) is 0 Å². The number of ether oxygens (including phenoxy) is 2. The summed E-state index contributed by atoms with van der Waals surface area (Å²) in [4.78, 5) is 36.6. The van der Waals surface area contributed by atoms with Crippen LogP contribution in [-0.4, -0.2) is 69.8 Å². The average Bonchev–Trinajstić information content (AvgIpc) is 3.12. The molecule has 0 saturated carbocycles. The van der Waals surface area contributed by atoms with E-state index in [0.717, 1.165) is 70.6 Å². The molecule has 0 saturated heterocycles. The summed E-state index contributed by atoms with van der Waals surface area (Å²) < 4.78 is 34.3.